The Kier molecular flexibility index (Phi) is 3.90. The molecule has 0 bridgehead atoms. The molecular formula is C12H9ClF3N3. The van der Waals surface area contributed by atoms with Gasteiger partial charge in [0.15, 0.2) is 0 Å². The van der Waals surface area contributed by atoms with E-state index in [0.29, 0.717) is 17.9 Å². The quantitative estimate of drug-likeness (QED) is 0.934. The average molecular weight is 288 g/mol. The van der Waals surface area contributed by atoms with Crippen LogP contribution in [0.5, 0.6) is 0 Å². The number of nitrogens with zero attached hydrogens (tertiary/aromatic N) is 2. The van der Waals surface area contributed by atoms with Gasteiger partial charge in [-0.15, -0.1) is 0 Å². The first-order chi connectivity index (χ1) is 8.97. The van der Waals surface area contributed by atoms with E-state index in [2.05, 4.69) is 15.3 Å². The van der Waals surface area contributed by atoms with Gasteiger partial charge in [-0.05, 0) is 24.3 Å². The SMILES string of the molecule is FC(F)(F)c1ccc(NCc2ccncn2)c(Cl)c1. The zero-order valence-electron chi connectivity index (χ0n) is 9.58. The van der Waals surface area contributed by atoms with E-state index < -0.39 is 11.7 Å². The number of nitrogens with one attached hydrogen (secondary N) is 1. The summed E-state index contributed by atoms with van der Waals surface area (Å²) in [6, 6.07) is 4.87. The molecule has 0 fully saturated rings. The van der Waals surface area contributed by atoms with Crippen molar-refractivity contribution >= 4 is 17.3 Å². The van der Waals surface area contributed by atoms with Crippen molar-refractivity contribution in [3.05, 3.63) is 53.1 Å². The number of benzene rings is 1. The Hall–Kier alpha value is -1.82. The molecule has 0 spiro atoms. The van der Waals surface area contributed by atoms with Gasteiger partial charge in [-0.1, -0.05) is 11.6 Å². The minimum Gasteiger partial charge on any atom is -0.378 e. The zero-order valence-corrected chi connectivity index (χ0v) is 10.3. The molecule has 2 rings (SSSR count). The van der Waals surface area contributed by atoms with E-state index in [1.54, 1.807) is 12.3 Å². The first-order valence-corrected chi connectivity index (χ1v) is 5.70. The number of alkyl halides is 3. The molecular weight excluding hydrogens is 279 g/mol. The average Bonchev–Trinajstić information content (AvgIpc) is 2.37. The fourth-order valence-electron chi connectivity index (χ4n) is 1.44. The molecule has 1 N–H and O–H groups in total. The third-order valence-corrected chi connectivity index (χ3v) is 2.71. The van der Waals surface area contributed by atoms with Gasteiger partial charge in [0.2, 0.25) is 0 Å². The Bertz CT molecular complexity index is 558. The Morgan fingerprint density at radius 3 is 2.58 bits per heavy atom. The van der Waals surface area contributed by atoms with Crippen molar-refractivity contribution < 1.29 is 13.2 Å². The number of halogens is 4. The van der Waals surface area contributed by atoms with E-state index in [0.717, 1.165) is 12.1 Å². The van der Waals surface area contributed by atoms with Crippen molar-refractivity contribution in [3.63, 3.8) is 0 Å². The van der Waals surface area contributed by atoms with Crippen LogP contribution >= 0.6 is 11.6 Å². The highest BCUT2D eigenvalue weighted by Gasteiger charge is 2.30. The molecule has 0 aliphatic rings. The Labute approximate surface area is 112 Å². The van der Waals surface area contributed by atoms with Crippen LogP contribution in [-0.2, 0) is 12.7 Å². The third-order valence-electron chi connectivity index (χ3n) is 2.40. The summed E-state index contributed by atoms with van der Waals surface area (Å²) in [5, 5.41) is 2.94. The maximum absolute atomic E-state index is 12.5. The summed E-state index contributed by atoms with van der Waals surface area (Å²) < 4.78 is 37.4. The summed E-state index contributed by atoms with van der Waals surface area (Å²) in [5.74, 6) is 0. The Morgan fingerprint density at radius 1 is 1.21 bits per heavy atom. The van der Waals surface area contributed by atoms with Crippen molar-refractivity contribution in [2.75, 3.05) is 5.32 Å². The standard InChI is InChI=1S/C12H9ClF3N3/c13-10-5-8(12(14,15)16)1-2-11(10)18-6-9-3-4-17-7-19-9/h1-5,7,18H,6H2. The number of hydrogen-bond acceptors (Lipinski definition) is 3. The van der Waals surface area contributed by atoms with Crippen LogP contribution in [0, 0.1) is 0 Å². The second-order valence-corrected chi connectivity index (χ2v) is 4.15. The summed E-state index contributed by atoms with van der Waals surface area (Å²) in [6.45, 7) is 0.355. The fourth-order valence-corrected chi connectivity index (χ4v) is 1.69. The van der Waals surface area contributed by atoms with E-state index >= 15 is 0 Å². The van der Waals surface area contributed by atoms with Crippen molar-refractivity contribution in [2.24, 2.45) is 0 Å². The molecule has 1 aromatic heterocycles. The van der Waals surface area contributed by atoms with Crippen LogP contribution in [-0.4, -0.2) is 9.97 Å². The lowest BCUT2D eigenvalue weighted by Crippen LogP contribution is -2.06. The van der Waals surface area contributed by atoms with Crippen molar-refractivity contribution in [1.29, 1.82) is 0 Å². The molecule has 0 unspecified atom stereocenters. The minimum atomic E-state index is -4.39. The van der Waals surface area contributed by atoms with E-state index in [4.69, 9.17) is 11.6 Å². The second-order valence-electron chi connectivity index (χ2n) is 3.75. The van der Waals surface area contributed by atoms with Gasteiger partial charge in [-0.3, -0.25) is 0 Å². The van der Waals surface area contributed by atoms with Gasteiger partial charge < -0.3 is 5.32 Å². The molecule has 3 nitrogen and oxygen atoms in total. The van der Waals surface area contributed by atoms with E-state index in [1.807, 2.05) is 0 Å². The summed E-state index contributed by atoms with van der Waals surface area (Å²) in [6.07, 6.45) is -1.42. The third kappa shape index (κ3) is 3.57. The molecule has 100 valence electrons. The van der Waals surface area contributed by atoms with Crippen LogP contribution in [0.4, 0.5) is 18.9 Å². The van der Waals surface area contributed by atoms with Crippen LogP contribution in [0.2, 0.25) is 5.02 Å². The number of aromatic nitrogens is 2. The van der Waals surface area contributed by atoms with E-state index in [-0.39, 0.29) is 5.02 Å². The highest BCUT2D eigenvalue weighted by molar-refractivity contribution is 6.33. The van der Waals surface area contributed by atoms with Crippen molar-refractivity contribution in [2.45, 2.75) is 12.7 Å². The zero-order chi connectivity index (χ0) is 13.9. The molecule has 0 aliphatic heterocycles. The van der Waals surface area contributed by atoms with E-state index in [9.17, 15) is 13.2 Å². The monoisotopic (exact) mass is 287 g/mol. The fraction of sp³-hybridized carbons (Fsp3) is 0.167. The first kappa shape index (κ1) is 13.6. The van der Waals surface area contributed by atoms with Crippen LogP contribution in [0.15, 0.2) is 36.8 Å². The molecule has 1 aromatic carbocycles. The van der Waals surface area contributed by atoms with Gasteiger partial charge in [0, 0.05) is 6.20 Å². The summed E-state index contributed by atoms with van der Waals surface area (Å²) >= 11 is 5.81. The van der Waals surface area contributed by atoms with Gasteiger partial charge in [0.25, 0.3) is 0 Å². The molecule has 19 heavy (non-hydrogen) atoms. The van der Waals surface area contributed by atoms with Gasteiger partial charge in [0.1, 0.15) is 6.33 Å². The molecule has 0 atom stereocenters. The molecule has 0 saturated carbocycles. The largest absolute Gasteiger partial charge is 0.416 e. The second kappa shape index (κ2) is 5.44. The van der Waals surface area contributed by atoms with Gasteiger partial charge >= 0.3 is 6.18 Å². The maximum Gasteiger partial charge on any atom is 0.416 e. The summed E-state index contributed by atoms with van der Waals surface area (Å²) in [7, 11) is 0. The van der Waals surface area contributed by atoms with Gasteiger partial charge in [-0.25, -0.2) is 9.97 Å². The molecule has 2 aromatic rings. The smallest absolute Gasteiger partial charge is 0.378 e. The Morgan fingerprint density at radius 2 is 2.00 bits per heavy atom. The molecule has 0 saturated heterocycles. The minimum absolute atomic E-state index is 0.0175. The van der Waals surface area contributed by atoms with Crippen LogP contribution in [0.25, 0.3) is 0 Å². The molecule has 0 amide bonds. The van der Waals surface area contributed by atoms with Crippen LogP contribution in [0.3, 0.4) is 0 Å². The van der Waals surface area contributed by atoms with Crippen molar-refractivity contribution in [1.82, 2.24) is 9.97 Å². The topological polar surface area (TPSA) is 37.8 Å². The number of hydrogen-bond donors (Lipinski definition) is 1. The summed E-state index contributed by atoms with van der Waals surface area (Å²) in [5.41, 5.74) is 0.365. The highest BCUT2D eigenvalue weighted by atomic mass is 35.5. The van der Waals surface area contributed by atoms with Gasteiger partial charge in [-0.2, -0.15) is 13.2 Å². The van der Waals surface area contributed by atoms with Crippen LogP contribution < -0.4 is 5.32 Å². The Balaban J connectivity index is 2.10. The number of rotatable bonds is 3. The molecule has 0 aliphatic carbocycles. The predicted molar refractivity (Wildman–Crippen MR) is 65.8 cm³/mol. The van der Waals surface area contributed by atoms with Crippen molar-refractivity contribution in [3.8, 4) is 0 Å². The first-order valence-electron chi connectivity index (χ1n) is 5.32. The lowest BCUT2D eigenvalue weighted by Gasteiger charge is -2.11. The lowest BCUT2D eigenvalue weighted by atomic mass is 10.2. The lowest BCUT2D eigenvalue weighted by molar-refractivity contribution is -0.137. The van der Waals surface area contributed by atoms with E-state index in [1.165, 1.54) is 12.4 Å². The highest BCUT2D eigenvalue weighted by Crippen LogP contribution is 2.33. The van der Waals surface area contributed by atoms with Gasteiger partial charge in [0.05, 0.1) is 28.5 Å². The molecule has 1 heterocycles. The molecule has 0 radical (unpaired) electrons. The number of anilines is 1. The van der Waals surface area contributed by atoms with Crippen LogP contribution in [0.1, 0.15) is 11.3 Å². The maximum atomic E-state index is 12.5. The molecule has 7 heteroatoms. The predicted octanol–water partition coefficient (Wildman–Crippen LogP) is 3.76. The normalized spacial score (nSPS) is 11.4. The summed E-state index contributed by atoms with van der Waals surface area (Å²) in [4.78, 5) is 7.75.